The van der Waals surface area contributed by atoms with Gasteiger partial charge in [-0.1, -0.05) is 37.3 Å². The van der Waals surface area contributed by atoms with Crippen molar-refractivity contribution in [3.63, 3.8) is 0 Å². The van der Waals surface area contributed by atoms with Crippen molar-refractivity contribution < 1.29 is 25.8 Å². The van der Waals surface area contributed by atoms with E-state index in [1.54, 1.807) is 16.7 Å². The fourth-order valence-corrected chi connectivity index (χ4v) is 2.95. The van der Waals surface area contributed by atoms with Gasteiger partial charge >= 0.3 is 0 Å². The van der Waals surface area contributed by atoms with Gasteiger partial charge in [-0.3, -0.25) is 0 Å². The molecular formula is C16H19Hf-. The quantitative estimate of drug-likeness (QED) is 0.522. The smallest absolute Gasteiger partial charge is 0 e. The Morgan fingerprint density at radius 3 is 2.65 bits per heavy atom. The van der Waals surface area contributed by atoms with E-state index >= 15 is 0 Å². The van der Waals surface area contributed by atoms with E-state index < -0.39 is 0 Å². The van der Waals surface area contributed by atoms with Crippen LogP contribution < -0.4 is 0 Å². The molecule has 0 saturated heterocycles. The monoisotopic (exact) mass is 391 g/mol. The maximum Gasteiger partial charge on any atom is 0 e. The average molecular weight is 390 g/mol. The average Bonchev–Trinajstić information content (AvgIpc) is 2.90. The summed E-state index contributed by atoms with van der Waals surface area (Å²) in [5.74, 6) is 0.692. The zero-order valence-electron chi connectivity index (χ0n) is 10.7. The molecule has 2 aromatic carbocycles. The third-order valence-corrected chi connectivity index (χ3v) is 4.16. The molecule has 0 spiro atoms. The number of hydrogen-bond acceptors (Lipinski definition) is 0. The fourth-order valence-electron chi connectivity index (χ4n) is 2.95. The van der Waals surface area contributed by atoms with Crippen molar-refractivity contribution >= 4 is 10.8 Å². The van der Waals surface area contributed by atoms with Gasteiger partial charge in [-0.05, 0) is 19.3 Å². The van der Waals surface area contributed by atoms with Crippen LogP contribution in [-0.4, -0.2) is 0 Å². The van der Waals surface area contributed by atoms with E-state index in [0.29, 0.717) is 5.92 Å². The molecule has 0 amide bonds. The summed E-state index contributed by atoms with van der Waals surface area (Å²) in [5.41, 5.74) is 4.74. The number of aryl methyl sites for hydroxylation is 2. The van der Waals surface area contributed by atoms with Crippen LogP contribution >= 0.6 is 0 Å². The number of rotatable bonds is 2. The second kappa shape index (κ2) is 5.14. The van der Waals surface area contributed by atoms with Crippen LogP contribution in [0.15, 0.2) is 24.3 Å². The zero-order valence-corrected chi connectivity index (χ0v) is 14.3. The minimum Gasteiger partial charge on any atom is -0.168 e. The van der Waals surface area contributed by atoms with E-state index in [-0.39, 0.29) is 25.8 Å². The van der Waals surface area contributed by atoms with Crippen molar-refractivity contribution in [2.45, 2.75) is 45.4 Å². The summed E-state index contributed by atoms with van der Waals surface area (Å²) in [6, 6.07) is 9.51. The summed E-state index contributed by atoms with van der Waals surface area (Å²) in [5, 5.41) is 2.96. The predicted octanol–water partition coefficient (Wildman–Crippen LogP) is 4.56. The Bertz CT molecular complexity index is 522. The zero-order chi connectivity index (χ0) is 11.1. The van der Waals surface area contributed by atoms with Gasteiger partial charge in [0.1, 0.15) is 0 Å². The first kappa shape index (κ1) is 13.1. The van der Waals surface area contributed by atoms with Crippen molar-refractivity contribution in [2.24, 2.45) is 0 Å². The maximum atomic E-state index is 2.46. The van der Waals surface area contributed by atoms with E-state index in [2.05, 4.69) is 38.1 Å². The molecule has 1 atom stereocenters. The van der Waals surface area contributed by atoms with Crippen molar-refractivity contribution in [3.8, 4) is 0 Å². The summed E-state index contributed by atoms with van der Waals surface area (Å²) in [6.07, 6.45) is 5.16. The summed E-state index contributed by atoms with van der Waals surface area (Å²) in [7, 11) is 0. The van der Waals surface area contributed by atoms with Crippen molar-refractivity contribution in [1.82, 2.24) is 0 Å². The summed E-state index contributed by atoms with van der Waals surface area (Å²) in [6.45, 7) is 4.61. The molecule has 0 aromatic heterocycles. The SMILES string of the molecule is CCC(C)[c-]1ccc2cc3c(cc21)CCC3.[Hf]. The Hall–Kier alpha value is -0.300. The van der Waals surface area contributed by atoms with Gasteiger partial charge in [0, 0.05) is 25.8 Å². The predicted molar refractivity (Wildman–Crippen MR) is 70.3 cm³/mol. The van der Waals surface area contributed by atoms with Crippen LogP contribution in [-0.2, 0) is 38.7 Å². The third-order valence-electron chi connectivity index (χ3n) is 4.16. The van der Waals surface area contributed by atoms with Gasteiger partial charge in [0.05, 0.1) is 0 Å². The normalized spacial score (nSPS) is 15.6. The molecule has 88 valence electrons. The molecule has 0 heterocycles. The molecule has 0 bridgehead atoms. The molecule has 1 heteroatoms. The fraction of sp³-hybridized carbons (Fsp3) is 0.438. The minimum atomic E-state index is 0. The Morgan fingerprint density at radius 1 is 1.24 bits per heavy atom. The number of benzene rings is 1. The first-order valence-electron chi connectivity index (χ1n) is 6.50. The summed E-state index contributed by atoms with van der Waals surface area (Å²) >= 11 is 0. The largest absolute Gasteiger partial charge is 0.168 e. The molecule has 17 heavy (non-hydrogen) atoms. The van der Waals surface area contributed by atoms with Gasteiger partial charge in [-0.2, -0.15) is 6.07 Å². The molecule has 0 aliphatic heterocycles. The molecule has 0 fully saturated rings. The van der Waals surface area contributed by atoms with Crippen molar-refractivity contribution in [2.75, 3.05) is 0 Å². The summed E-state index contributed by atoms with van der Waals surface area (Å²) in [4.78, 5) is 0. The van der Waals surface area contributed by atoms with Gasteiger partial charge < -0.3 is 0 Å². The molecule has 1 aliphatic rings. The van der Waals surface area contributed by atoms with Crippen LogP contribution in [0.25, 0.3) is 10.8 Å². The molecule has 1 unspecified atom stereocenters. The van der Waals surface area contributed by atoms with Crippen LogP contribution in [0.4, 0.5) is 0 Å². The molecule has 2 aromatic rings. The second-order valence-electron chi connectivity index (χ2n) is 5.16. The molecule has 0 N–H and O–H groups in total. The van der Waals surface area contributed by atoms with E-state index in [4.69, 9.17) is 0 Å². The molecule has 1 aliphatic carbocycles. The Morgan fingerprint density at radius 2 is 1.94 bits per heavy atom. The topological polar surface area (TPSA) is 0 Å². The molecule has 0 nitrogen and oxygen atoms in total. The van der Waals surface area contributed by atoms with Crippen LogP contribution in [0.3, 0.4) is 0 Å². The van der Waals surface area contributed by atoms with Crippen LogP contribution in [0.1, 0.15) is 49.3 Å². The molecular weight excluding hydrogens is 371 g/mol. The first-order valence-corrected chi connectivity index (χ1v) is 6.50. The Kier molecular flexibility index (Phi) is 3.97. The van der Waals surface area contributed by atoms with Gasteiger partial charge in [0.15, 0.2) is 0 Å². The molecule has 0 saturated carbocycles. The van der Waals surface area contributed by atoms with Gasteiger partial charge in [-0.15, -0.1) is 34.5 Å². The second-order valence-corrected chi connectivity index (χ2v) is 5.16. The Balaban J connectivity index is 0.00000108. The standard InChI is InChI=1S/C16H19.Hf/c1-3-11(2)15-8-7-14-9-12-5-4-6-13(12)10-16(14)15;/h7-11H,3-6H2,1-2H3;/q-1;. The van der Waals surface area contributed by atoms with Crippen LogP contribution in [0, 0.1) is 0 Å². The number of fused-ring (bicyclic) bond motifs is 2. The van der Waals surface area contributed by atoms with E-state index in [1.165, 1.54) is 36.5 Å². The summed E-state index contributed by atoms with van der Waals surface area (Å²) < 4.78 is 0. The van der Waals surface area contributed by atoms with Crippen LogP contribution in [0.5, 0.6) is 0 Å². The number of hydrogen-bond donors (Lipinski definition) is 0. The van der Waals surface area contributed by atoms with E-state index in [9.17, 15) is 0 Å². The van der Waals surface area contributed by atoms with Gasteiger partial charge in [0.25, 0.3) is 0 Å². The van der Waals surface area contributed by atoms with Crippen LogP contribution in [0.2, 0.25) is 0 Å². The molecule has 0 radical (unpaired) electrons. The molecule has 3 rings (SSSR count). The van der Waals surface area contributed by atoms with Crippen molar-refractivity contribution in [3.05, 3.63) is 41.0 Å². The Labute approximate surface area is 123 Å². The van der Waals surface area contributed by atoms with E-state index in [0.717, 1.165) is 0 Å². The van der Waals surface area contributed by atoms with Gasteiger partial charge in [-0.25, -0.2) is 0 Å². The third kappa shape index (κ3) is 2.19. The maximum absolute atomic E-state index is 2.46. The first-order chi connectivity index (χ1) is 7.79. The van der Waals surface area contributed by atoms with E-state index in [1.807, 2.05) is 0 Å². The van der Waals surface area contributed by atoms with Gasteiger partial charge in [0.2, 0.25) is 0 Å². The van der Waals surface area contributed by atoms with Crippen molar-refractivity contribution in [1.29, 1.82) is 0 Å². The minimum absolute atomic E-state index is 0.